The number of nitrogens with zero attached hydrogens (tertiary/aromatic N) is 2. The van der Waals surface area contributed by atoms with Crippen molar-refractivity contribution in [2.24, 2.45) is 11.8 Å². The van der Waals surface area contributed by atoms with E-state index in [0.717, 1.165) is 38.8 Å². The smallest absolute Gasteiger partial charge is 0.256 e. The van der Waals surface area contributed by atoms with Crippen molar-refractivity contribution in [2.45, 2.75) is 32.6 Å². The van der Waals surface area contributed by atoms with Gasteiger partial charge in [0.15, 0.2) is 0 Å². The Morgan fingerprint density at radius 2 is 2.05 bits per heavy atom. The molecular weight excluding hydrogens is 270 g/mol. The van der Waals surface area contributed by atoms with Gasteiger partial charge in [0.1, 0.15) is 11.3 Å². The van der Waals surface area contributed by atoms with Crippen molar-refractivity contribution in [3.05, 3.63) is 17.5 Å². The van der Waals surface area contributed by atoms with Crippen LogP contribution in [0.3, 0.4) is 0 Å². The van der Waals surface area contributed by atoms with Crippen LogP contribution in [-0.4, -0.2) is 41.5 Å². The molecule has 1 aliphatic carbocycles. The number of aromatic nitrogens is 1. The fourth-order valence-electron chi connectivity index (χ4n) is 2.79. The van der Waals surface area contributed by atoms with Gasteiger partial charge in [-0.2, -0.15) is 0 Å². The molecule has 2 fully saturated rings. The quantitative estimate of drug-likeness (QED) is 0.909. The van der Waals surface area contributed by atoms with Crippen LogP contribution < -0.4 is 5.32 Å². The van der Waals surface area contributed by atoms with Gasteiger partial charge in [-0.25, -0.2) is 0 Å². The van der Waals surface area contributed by atoms with Crippen LogP contribution in [0.25, 0.3) is 0 Å². The van der Waals surface area contributed by atoms with Crippen molar-refractivity contribution >= 4 is 11.8 Å². The summed E-state index contributed by atoms with van der Waals surface area (Å²) in [7, 11) is 0. The lowest BCUT2D eigenvalue weighted by Crippen LogP contribution is -2.42. The van der Waals surface area contributed by atoms with Gasteiger partial charge in [-0.1, -0.05) is 5.16 Å². The van der Waals surface area contributed by atoms with Crippen LogP contribution in [-0.2, 0) is 4.79 Å². The van der Waals surface area contributed by atoms with Gasteiger partial charge >= 0.3 is 0 Å². The van der Waals surface area contributed by atoms with Gasteiger partial charge in [0.2, 0.25) is 5.91 Å². The Morgan fingerprint density at radius 3 is 2.62 bits per heavy atom. The highest BCUT2D eigenvalue weighted by Crippen LogP contribution is 2.32. The highest BCUT2D eigenvalue weighted by atomic mass is 16.5. The van der Waals surface area contributed by atoms with Crippen LogP contribution in [0.15, 0.2) is 10.7 Å². The highest BCUT2D eigenvalue weighted by Gasteiger charge is 2.34. The maximum Gasteiger partial charge on any atom is 0.256 e. The van der Waals surface area contributed by atoms with E-state index in [1.54, 1.807) is 6.92 Å². The van der Waals surface area contributed by atoms with Crippen molar-refractivity contribution in [3.8, 4) is 0 Å². The first-order valence-corrected chi connectivity index (χ1v) is 7.63. The summed E-state index contributed by atoms with van der Waals surface area (Å²) in [6.07, 6.45) is 5.49. The molecular formula is C15H21N3O3. The number of hydrogen-bond acceptors (Lipinski definition) is 4. The van der Waals surface area contributed by atoms with Gasteiger partial charge in [0.05, 0.1) is 6.20 Å². The zero-order valence-electron chi connectivity index (χ0n) is 12.3. The number of carbonyl (C=O) groups is 2. The van der Waals surface area contributed by atoms with E-state index < -0.39 is 0 Å². The Balaban J connectivity index is 1.42. The van der Waals surface area contributed by atoms with Crippen LogP contribution in [0.2, 0.25) is 0 Å². The monoisotopic (exact) mass is 291 g/mol. The molecule has 1 N–H and O–H groups in total. The van der Waals surface area contributed by atoms with Crippen molar-refractivity contribution in [1.82, 2.24) is 15.4 Å². The fraction of sp³-hybridized carbons (Fsp3) is 0.667. The van der Waals surface area contributed by atoms with E-state index in [4.69, 9.17) is 4.52 Å². The molecule has 6 heteroatoms. The molecule has 1 saturated carbocycles. The first-order chi connectivity index (χ1) is 10.1. The summed E-state index contributed by atoms with van der Waals surface area (Å²) < 4.78 is 4.89. The minimum absolute atomic E-state index is 0.134. The second-order valence-electron chi connectivity index (χ2n) is 6.05. The Hall–Kier alpha value is -1.85. The normalized spacial score (nSPS) is 19.6. The number of likely N-dealkylation sites (tertiary alicyclic amines) is 1. The summed E-state index contributed by atoms with van der Waals surface area (Å²) in [5.41, 5.74) is 0.497. The van der Waals surface area contributed by atoms with E-state index in [-0.39, 0.29) is 5.91 Å². The molecule has 3 rings (SSSR count). The van der Waals surface area contributed by atoms with E-state index in [0.29, 0.717) is 35.6 Å². The number of rotatable bonds is 4. The zero-order valence-corrected chi connectivity index (χ0v) is 12.3. The molecule has 0 spiro atoms. The van der Waals surface area contributed by atoms with Crippen LogP contribution in [0, 0.1) is 18.8 Å². The van der Waals surface area contributed by atoms with E-state index in [2.05, 4.69) is 10.5 Å². The lowest BCUT2D eigenvalue weighted by atomic mass is 9.96. The minimum atomic E-state index is -0.134. The average Bonchev–Trinajstić information content (AvgIpc) is 3.26. The molecule has 2 heterocycles. The number of piperidine rings is 1. The molecule has 1 aromatic heterocycles. The molecule has 1 saturated heterocycles. The van der Waals surface area contributed by atoms with E-state index in [1.165, 1.54) is 6.20 Å². The van der Waals surface area contributed by atoms with Crippen molar-refractivity contribution < 1.29 is 14.1 Å². The molecule has 1 aromatic rings. The Bertz CT molecular complexity index is 528. The third kappa shape index (κ3) is 3.25. The molecule has 0 atom stereocenters. The van der Waals surface area contributed by atoms with Gasteiger partial charge in [0.25, 0.3) is 5.91 Å². The van der Waals surface area contributed by atoms with Crippen molar-refractivity contribution in [2.75, 3.05) is 19.6 Å². The van der Waals surface area contributed by atoms with E-state index in [1.807, 2.05) is 4.90 Å². The van der Waals surface area contributed by atoms with Crippen molar-refractivity contribution in [1.29, 1.82) is 0 Å². The maximum atomic E-state index is 12.0. The second-order valence-corrected chi connectivity index (χ2v) is 6.05. The van der Waals surface area contributed by atoms with Gasteiger partial charge in [-0.3, -0.25) is 9.59 Å². The number of nitrogens with one attached hydrogen (secondary N) is 1. The summed E-state index contributed by atoms with van der Waals surface area (Å²) in [5, 5.41) is 6.54. The van der Waals surface area contributed by atoms with Crippen LogP contribution in [0.4, 0.5) is 0 Å². The third-order valence-corrected chi connectivity index (χ3v) is 4.40. The molecule has 0 unspecified atom stereocenters. The lowest BCUT2D eigenvalue weighted by molar-refractivity contribution is -0.133. The molecule has 0 aromatic carbocycles. The third-order valence-electron chi connectivity index (χ3n) is 4.40. The molecule has 6 nitrogen and oxygen atoms in total. The number of aryl methyl sites for hydroxylation is 1. The van der Waals surface area contributed by atoms with E-state index in [9.17, 15) is 9.59 Å². The average molecular weight is 291 g/mol. The second kappa shape index (κ2) is 5.87. The van der Waals surface area contributed by atoms with E-state index >= 15 is 0 Å². The molecule has 0 radical (unpaired) electrons. The largest absolute Gasteiger partial charge is 0.361 e. The Labute approximate surface area is 123 Å². The molecule has 1 aliphatic heterocycles. The molecule has 2 aliphatic rings. The number of hydrogen-bond donors (Lipinski definition) is 1. The van der Waals surface area contributed by atoms with Gasteiger partial charge in [-0.15, -0.1) is 0 Å². The summed E-state index contributed by atoms with van der Waals surface area (Å²) >= 11 is 0. The summed E-state index contributed by atoms with van der Waals surface area (Å²) in [6, 6.07) is 0. The minimum Gasteiger partial charge on any atom is -0.361 e. The standard InChI is InChI=1S/C15H21N3O3/c1-10-13(9-17-21-10)14(19)16-8-11-4-6-18(7-5-11)15(20)12-2-3-12/h9,11-12H,2-8H2,1H3,(H,16,19). The van der Waals surface area contributed by atoms with Gasteiger partial charge < -0.3 is 14.7 Å². The molecule has 2 amide bonds. The first-order valence-electron chi connectivity index (χ1n) is 7.63. The summed E-state index contributed by atoms with van der Waals surface area (Å²) in [6.45, 7) is 4.02. The first kappa shape index (κ1) is 14.1. The van der Waals surface area contributed by atoms with Crippen LogP contribution in [0.1, 0.15) is 41.8 Å². The molecule has 0 bridgehead atoms. The molecule has 21 heavy (non-hydrogen) atoms. The lowest BCUT2D eigenvalue weighted by Gasteiger charge is -2.32. The summed E-state index contributed by atoms with van der Waals surface area (Å²) in [5.74, 6) is 1.48. The van der Waals surface area contributed by atoms with Crippen molar-refractivity contribution in [3.63, 3.8) is 0 Å². The van der Waals surface area contributed by atoms with Crippen LogP contribution in [0.5, 0.6) is 0 Å². The Kier molecular flexibility index (Phi) is 3.94. The predicted molar refractivity (Wildman–Crippen MR) is 75.6 cm³/mol. The fourth-order valence-corrected chi connectivity index (χ4v) is 2.79. The number of carbonyl (C=O) groups excluding carboxylic acids is 2. The highest BCUT2D eigenvalue weighted by molar-refractivity contribution is 5.94. The van der Waals surface area contributed by atoms with Crippen LogP contribution >= 0.6 is 0 Å². The van der Waals surface area contributed by atoms with Gasteiger partial charge in [-0.05, 0) is 38.5 Å². The van der Waals surface area contributed by atoms with Gasteiger partial charge in [0, 0.05) is 25.6 Å². The SMILES string of the molecule is Cc1oncc1C(=O)NCC1CCN(C(=O)C2CC2)CC1. The predicted octanol–water partition coefficient (Wildman–Crippen LogP) is 1.36. The maximum absolute atomic E-state index is 12.0. The summed E-state index contributed by atoms with van der Waals surface area (Å²) in [4.78, 5) is 25.9. The Morgan fingerprint density at radius 1 is 1.33 bits per heavy atom. The topological polar surface area (TPSA) is 75.4 Å². The number of amides is 2. The molecule has 114 valence electrons. The zero-order chi connectivity index (χ0) is 14.8.